The topological polar surface area (TPSA) is 38.4 Å². The number of nitrogens with zero attached hydrogens (tertiary/aromatic N) is 5. The molecule has 5 heterocycles. The number of aromatic nitrogens is 4. The van der Waals surface area contributed by atoms with E-state index < -0.39 is 16.1 Å². The molecular formula is C68H47N5Si2. The number of pyridine rings is 2. The second kappa shape index (κ2) is 17.1. The van der Waals surface area contributed by atoms with Gasteiger partial charge in [-0.3, -0.25) is 9.30 Å². The Balaban J connectivity index is 1.06. The van der Waals surface area contributed by atoms with E-state index in [0.29, 0.717) is 0 Å². The Kier molecular flexibility index (Phi) is 9.85. The summed E-state index contributed by atoms with van der Waals surface area (Å²) >= 11 is 0. The molecule has 0 spiro atoms. The molecule has 0 saturated carbocycles. The first kappa shape index (κ1) is 43.2. The highest BCUT2D eigenvalue weighted by Gasteiger charge is 2.50. The number of hydrogen-bond acceptors (Lipinski definition) is 3. The fraction of sp³-hybridized carbons (Fsp3) is 0. The summed E-state index contributed by atoms with van der Waals surface area (Å²) in [6, 6.07) is 99.8. The summed E-state index contributed by atoms with van der Waals surface area (Å²) in [7, 11) is -6.27. The van der Waals surface area contributed by atoms with Gasteiger partial charge in [-0.15, -0.1) is 0 Å². The number of rotatable bonds is 8. The third kappa shape index (κ3) is 6.29. The SMILES string of the molecule is c1ccc(-n2c3ccccc3c3cc4c(cc32)N(c2cccc([Si](c3ccccc3)(c3ccccc3)c3ccc5c6ccccc6n6ccnc6c5c3)c2)c2ncccc2[Si]4(c2ccccc2)c2ccccc2)cc1. The normalized spacial score (nSPS) is 13.1. The van der Waals surface area contributed by atoms with Gasteiger partial charge >= 0.3 is 0 Å². The first-order chi connectivity index (χ1) is 37.2. The summed E-state index contributed by atoms with van der Waals surface area (Å²) < 4.78 is 4.70. The average molecular weight is 990 g/mol. The van der Waals surface area contributed by atoms with E-state index in [1.807, 2.05) is 12.4 Å². The zero-order valence-corrected chi connectivity index (χ0v) is 42.9. The minimum absolute atomic E-state index is 0.953. The zero-order valence-electron chi connectivity index (χ0n) is 40.9. The number of para-hydroxylation sites is 3. The predicted octanol–water partition coefficient (Wildman–Crippen LogP) is 10.7. The number of imidazole rings is 1. The first-order valence-electron chi connectivity index (χ1n) is 25.7. The van der Waals surface area contributed by atoms with Gasteiger partial charge in [-0.25, -0.2) is 9.97 Å². The maximum absolute atomic E-state index is 5.53. The monoisotopic (exact) mass is 989 g/mol. The highest BCUT2D eigenvalue weighted by molar-refractivity contribution is 7.21. The molecule has 352 valence electrons. The van der Waals surface area contributed by atoms with Crippen molar-refractivity contribution in [3.8, 4) is 5.69 Å². The van der Waals surface area contributed by atoms with Crippen molar-refractivity contribution in [2.75, 3.05) is 4.90 Å². The van der Waals surface area contributed by atoms with Gasteiger partial charge in [-0.05, 0) is 101 Å². The predicted molar refractivity (Wildman–Crippen MR) is 318 cm³/mol. The molecule has 0 saturated heterocycles. The van der Waals surface area contributed by atoms with E-state index in [-0.39, 0.29) is 0 Å². The molecule has 10 aromatic carbocycles. The van der Waals surface area contributed by atoms with Crippen molar-refractivity contribution in [1.82, 2.24) is 18.9 Å². The fourth-order valence-electron chi connectivity index (χ4n) is 13.0. The van der Waals surface area contributed by atoms with Crippen LogP contribution in [0.2, 0.25) is 0 Å². The van der Waals surface area contributed by atoms with Gasteiger partial charge in [0.25, 0.3) is 0 Å². The van der Waals surface area contributed by atoms with Crippen LogP contribution in [0.3, 0.4) is 0 Å². The highest BCUT2D eigenvalue weighted by Crippen LogP contribution is 2.42. The van der Waals surface area contributed by atoms with Crippen LogP contribution in [0, 0.1) is 0 Å². The van der Waals surface area contributed by atoms with Crippen LogP contribution in [0.4, 0.5) is 17.2 Å². The Morgan fingerprint density at radius 1 is 0.347 bits per heavy atom. The van der Waals surface area contributed by atoms with E-state index in [9.17, 15) is 0 Å². The van der Waals surface area contributed by atoms with Gasteiger partial charge < -0.3 is 4.57 Å². The molecule has 0 unspecified atom stereocenters. The molecule has 14 aromatic rings. The summed E-state index contributed by atoms with van der Waals surface area (Å²) in [5.74, 6) is 0.953. The molecule has 0 fully saturated rings. The lowest BCUT2D eigenvalue weighted by Crippen LogP contribution is -2.77. The van der Waals surface area contributed by atoms with Gasteiger partial charge in [0, 0.05) is 51.5 Å². The molecule has 75 heavy (non-hydrogen) atoms. The molecule has 0 radical (unpaired) electrons. The summed E-state index contributed by atoms with van der Waals surface area (Å²) in [4.78, 5) is 13.1. The van der Waals surface area contributed by atoms with E-state index in [1.54, 1.807) is 0 Å². The van der Waals surface area contributed by atoms with Gasteiger partial charge in [0.2, 0.25) is 0 Å². The summed E-state index contributed by atoms with van der Waals surface area (Å²) in [5, 5.41) is 16.4. The Labute approximate surface area is 436 Å². The lowest BCUT2D eigenvalue weighted by molar-refractivity contribution is 1.17. The third-order valence-corrected chi connectivity index (χ3v) is 25.6. The molecule has 0 bridgehead atoms. The molecule has 7 heteroatoms. The first-order valence-corrected chi connectivity index (χ1v) is 29.7. The minimum Gasteiger partial charge on any atom is -0.309 e. The highest BCUT2D eigenvalue weighted by atomic mass is 28.3. The molecule has 5 nitrogen and oxygen atoms in total. The van der Waals surface area contributed by atoms with E-state index in [1.165, 1.54) is 68.6 Å². The largest absolute Gasteiger partial charge is 0.309 e. The molecule has 0 atom stereocenters. The van der Waals surface area contributed by atoms with Crippen LogP contribution in [0.25, 0.3) is 54.8 Å². The van der Waals surface area contributed by atoms with Crippen molar-refractivity contribution < 1.29 is 0 Å². The summed E-state index contributed by atoms with van der Waals surface area (Å²) in [5.41, 5.74) is 7.75. The van der Waals surface area contributed by atoms with Crippen LogP contribution in [0.1, 0.15) is 0 Å². The van der Waals surface area contributed by atoms with Crippen LogP contribution in [-0.2, 0) is 0 Å². The number of hydrogen-bond donors (Lipinski definition) is 0. The Morgan fingerprint density at radius 2 is 0.920 bits per heavy atom. The van der Waals surface area contributed by atoms with Gasteiger partial charge in [0.05, 0.1) is 22.2 Å². The van der Waals surface area contributed by atoms with Gasteiger partial charge in [-0.2, -0.15) is 0 Å². The smallest absolute Gasteiger partial charge is 0.186 e. The van der Waals surface area contributed by atoms with Gasteiger partial charge in [-0.1, -0.05) is 212 Å². The average Bonchev–Trinajstić information content (AvgIpc) is 4.20. The zero-order chi connectivity index (χ0) is 49.5. The molecule has 0 N–H and O–H groups in total. The lowest BCUT2D eigenvalue weighted by Gasteiger charge is -2.44. The lowest BCUT2D eigenvalue weighted by atomic mass is 10.1. The molecule has 1 aliphatic heterocycles. The van der Waals surface area contributed by atoms with Crippen molar-refractivity contribution in [2.24, 2.45) is 0 Å². The Hall–Kier alpha value is -9.41. The molecule has 0 amide bonds. The summed E-state index contributed by atoms with van der Waals surface area (Å²) in [6.07, 6.45) is 6.01. The van der Waals surface area contributed by atoms with Crippen LogP contribution < -0.4 is 46.4 Å². The van der Waals surface area contributed by atoms with E-state index >= 15 is 0 Å². The third-order valence-electron chi connectivity index (χ3n) is 16.0. The molecule has 15 rings (SSSR count). The minimum atomic E-state index is -3.16. The van der Waals surface area contributed by atoms with Crippen molar-refractivity contribution in [3.63, 3.8) is 0 Å². The van der Waals surface area contributed by atoms with Crippen molar-refractivity contribution in [2.45, 2.75) is 0 Å². The van der Waals surface area contributed by atoms with Crippen LogP contribution >= 0.6 is 0 Å². The van der Waals surface area contributed by atoms with Crippen molar-refractivity contribution in [3.05, 3.63) is 286 Å². The summed E-state index contributed by atoms with van der Waals surface area (Å²) in [6.45, 7) is 0. The molecule has 0 aliphatic carbocycles. The number of anilines is 3. The maximum Gasteiger partial charge on any atom is 0.186 e. The quantitative estimate of drug-likeness (QED) is 0.0865. The van der Waals surface area contributed by atoms with Crippen molar-refractivity contribution in [1.29, 1.82) is 0 Å². The Bertz CT molecular complexity index is 4400. The van der Waals surface area contributed by atoms with E-state index in [4.69, 9.17) is 9.97 Å². The second-order valence-corrected chi connectivity index (χ2v) is 27.2. The van der Waals surface area contributed by atoms with E-state index in [2.05, 4.69) is 287 Å². The number of benzene rings is 10. The van der Waals surface area contributed by atoms with Gasteiger partial charge in [0.1, 0.15) is 11.5 Å². The van der Waals surface area contributed by atoms with E-state index in [0.717, 1.165) is 44.9 Å². The molecule has 1 aliphatic rings. The molecular weight excluding hydrogens is 943 g/mol. The van der Waals surface area contributed by atoms with Gasteiger partial charge in [0.15, 0.2) is 16.1 Å². The molecule has 4 aromatic heterocycles. The van der Waals surface area contributed by atoms with Crippen molar-refractivity contribution >= 4 is 124 Å². The number of fused-ring (bicyclic) bond motifs is 11. The van der Waals surface area contributed by atoms with Crippen LogP contribution in [0.15, 0.2) is 286 Å². The van der Waals surface area contributed by atoms with Crippen LogP contribution in [-0.4, -0.2) is 35.1 Å². The second-order valence-electron chi connectivity index (χ2n) is 19.7. The standard InChI is InChI=1S/C68H47N5Si2/c1-6-22-48(23-7-1)72-62-37-19-17-35-58(62)59-46-66-64(47-63(59)72)73(68-65(38-21-41-69-68)75(66,52-29-12-4-13-30-52)53-31-14-5-15-32-53)49-24-20-33-54(44-49)74(50-25-8-2-9-26-50,51-27-10-3-11-28-51)55-39-40-56-57-34-16-18-36-61(57)71-43-42-70-67(71)60(56)45-55/h1-47H. The maximum atomic E-state index is 5.53. The Morgan fingerprint density at radius 3 is 1.61 bits per heavy atom. The fourth-order valence-corrected chi connectivity index (χ4v) is 22.8. The van der Waals surface area contributed by atoms with Crippen LogP contribution in [0.5, 0.6) is 0 Å².